The number of methoxy groups -OCH3 is 1. The summed E-state index contributed by atoms with van der Waals surface area (Å²) in [4.78, 5) is 42.6. The second-order valence-electron chi connectivity index (χ2n) is 13.1. The Hall–Kier alpha value is -4.77. The summed E-state index contributed by atoms with van der Waals surface area (Å²) in [5.41, 5.74) is 13.4. The highest BCUT2D eigenvalue weighted by Gasteiger charge is 2.47. The van der Waals surface area contributed by atoms with E-state index in [9.17, 15) is 9.59 Å². The number of anilines is 1. The van der Waals surface area contributed by atoms with Crippen molar-refractivity contribution in [1.82, 2.24) is 29.0 Å². The quantitative estimate of drug-likeness (QED) is 0.299. The molecule has 2 bridgehead atoms. The van der Waals surface area contributed by atoms with Crippen molar-refractivity contribution in [2.45, 2.75) is 50.7 Å². The number of nitrogens with zero attached hydrogens (tertiary/aromatic N) is 6. The number of fused-ring (bicyclic) bond motifs is 5. The third-order valence-electron chi connectivity index (χ3n) is 10.3. The average molecular weight is 603 g/mol. The van der Waals surface area contributed by atoms with Gasteiger partial charge in [0.25, 0.3) is 5.91 Å². The fraction of sp³-hybridized carbons (Fsp3) is 0.382. The Labute approximate surface area is 259 Å². The maximum absolute atomic E-state index is 13.7. The summed E-state index contributed by atoms with van der Waals surface area (Å²) in [6.45, 7) is 1.55. The van der Waals surface area contributed by atoms with Crippen LogP contribution in [0.5, 0.6) is 5.75 Å². The van der Waals surface area contributed by atoms with Crippen LogP contribution in [0.1, 0.15) is 41.7 Å². The molecule has 2 saturated carbocycles. The largest absolute Gasteiger partial charge is 0.494 e. The highest BCUT2D eigenvalue weighted by atomic mass is 16.5. The molecule has 4 aliphatic rings. The topological polar surface area (TPSA) is 133 Å². The Balaban J connectivity index is 1.14. The third-order valence-corrected chi connectivity index (χ3v) is 10.3. The van der Waals surface area contributed by atoms with Gasteiger partial charge in [-0.05, 0) is 80.0 Å². The van der Waals surface area contributed by atoms with Crippen LogP contribution in [0.4, 0.5) is 5.69 Å². The lowest BCUT2D eigenvalue weighted by molar-refractivity contribution is -0.115. The lowest BCUT2D eigenvalue weighted by atomic mass is 10.1. The zero-order valence-electron chi connectivity index (χ0n) is 25.3. The van der Waals surface area contributed by atoms with Crippen molar-refractivity contribution >= 4 is 39.6 Å². The molecule has 9 rings (SSSR count). The molecule has 4 aromatic heterocycles. The Morgan fingerprint density at radius 3 is 2.62 bits per heavy atom. The monoisotopic (exact) mass is 602 g/mol. The van der Waals surface area contributed by atoms with Crippen LogP contribution in [0.25, 0.3) is 45.0 Å². The lowest BCUT2D eigenvalue weighted by Gasteiger charge is -2.27. The summed E-state index contributed by atoms with van der Waals surface area (Å²) < 4.78 is 10.2. The molecular weight excluding hydrogens is 568 g/mol. The summed E-state index contributed by atoms with van der Waals surface area (Å²) in [5, 5.41) is 3.87. The molecule has 3 fully saturated rings. The van der Waals surface area contributed by atoms with E-state index in [-0.39, 0.29) is 30.3 Å². The zero-order chi connectivity index (χ0) is 30.6. The molecule has 45 heavy (non-hydrogen) atoms. The Bertz CT molecular complexity index is 2080. The van der Waals surface area contributed by atoms with Gasteiger partial charge < -0.3 is 29.8 Å². The Kier molecular flexibility index (Phi) is 5.69. The van der Waals surface area contributed by atoms with Crippen molar-refractivity contribution < 1.29 is 14.3 Å². The molecule has 3 atom stereocenters. The second-order valence-corrected chi connectivity index (χ2v) is 13.1. The number of pyridine rings is 2. The molecule has 2 aliphatic heterocycles. The van der Waals surface area contributed by atoms with Crippen LogP contribution in [0.15, 0.2) is 42.5 Å². The maximum Gasteiger partial charge on any atom is 0.254 e. The smallest absolute Gasteiger partial charge is 0.254 e. The maximum atomic E-state index is 13.7. The fourth-order valence-electron chi connectivity index (χ4n) is 7.70. The van der Waals surface area contributed by atoms with Gasteiger partial charge in [-0.3, -0.25) is 9.59 Å². The molecule has 228 valence electrons. The highest BCUT2D eigenvalue weighted by Crippen LogP contribution is 2.40. The number of aromatic nitrogens is 5. The van der Waals surface area contributed by atoms with Crippen LogP contribution in [0, 0.1) is 11.8 Å². The van der Waals surface area contributed by atoms with Crippen LogP contribution in [-0.2, 0) is 24.8 Å². The average Bonchev–Trinajstić information content (AvgIpc) is 3.26. The van der Waals surface area contributed by atoms with E-state index in [0.717, 1.165) is 70.2 Å². The first-order valence-electron chi connectivity index (χ1n) is 15.8. The molecule has 5 aromatic rings. The molecule has 0 spiro atoms. The minimum atomic E-state index is -0.0381. The molecular formula is C34H34N8O3. The number of nitrogens with one attached hydrogen (secondary N) is 1. The van der Waals surface area contributed by atoms with E-state index < -0.39 is 0 Å². The first kappa shape index (κ1) is 26.6. The number of hydrogen-bond donors (Lipinski definition) is 2. The van der Waals surface area contributed by atoms with Gasteiger partial charge in [-0.1, -0.05) is 0 Å². The van der Waals surface area contributed by atoms with Gasteiger partial charge in [0, 0.05) is 43.2 Å². The van der Waals surface area contributed by atoms with Crippen molar-refractivity contribution in [3.05, 3.63) is 53.7 Å². The first-order valence-corrected chi connectivity index (χ1v) is 15.8. The molecule has 3 N–H and O–H groups in total. The SMILES string of the molecule is COc1cc(C(=O)N2CC3CCC2[C@@H]3N)cc2nc(-c3cc4ccc(-c5ccc6c(n5)CC(=O)N6)nc4n3CC3CC3)n(C)c12. The third kappa shape index (κ3) is 4.10. The van der Waals surface area contributed by atoms with E-state index in [2.05, 4.69) is 26.6 Å². The van der Waals surface area contributed by atoms with Gasteiger partial charge in [0.1, 0.15) is 16.9 Å². The van der Waals surface area contributed by atoms with E-state index in [4.69, 9.17) is 25.4 Å². The number of carbonyl (C=O) groups is 2. The summed E-state index contributed by atoms with van der Waals surface area (Å²) >= 11 is 0. The number of aryl methyl sites for hydroxylation is 1. The number of rotatable bonds is 6. The van der Waals surface area contributed by atoms with Gasteiger partial charge in [-0.25, -0.2) is 15.0 Å². The van der Waals surface area contributed by atoms with Gasteiger partial charge >= 0.3 is 0 Å². The second kappa shape index (κ2) is 9.61. The number of piperidine rings is 1. The molecule has 2 unspecified atom stereocenters. The number of likely N-dealkylation sites (tertiary alicyclic amines) is 1. The van der Waals surface area contributed by atoms with E-state index in [1.807, 2.05) is 42.3 Å². The first-order chi connectivity index (χ1) is 21.9. The minimum absolute atomic E-state index is 0.00931. The number of ether oxygens (including phenoxy) is 1. The molecule has 2 amide bonds. The molecule has 1 aromatic carbocycles. The Morgan fingerprint density at radius 2 is 1.87 bits per heavy atom. The zero-order valence-corrected chi connectivity index (χ0v) is 25.3. The van der Waals surface area contributed by atoms with E-state index in [1.54, 1.807) is 7.11 Å². The number of imidazole rings is 1. The number of nitrogens with two attached hydrogens (primary N) is 1. The molecule has 0 radical (unpaired) electrons. The number of amides is 2. The summed E-state index contributed by atoms with van der Waals surface area (Å²) in [7, 11) is 3.63. The predicted molar refractivity (Wildman–Crippen MR) is 170 cm³/mol. The van der Waals surface area contributed by atoms with Gasteiger partial charge in [-0.2, -0.15) is 0 Å². The van der Waals surface area contributed by atoms with Crippen molar-refractivity contribution in [3.63, 3.8) is 0 Å². The Morgan fingerprint density at radius 1 is 1.04 bits per heavy atom. The van der Waals surface area contributed by atoms with Gasteiger partial charge in [0.15, 0.2) is 5.82 Å². The summed E-state index contributed by atoms with van der Waals surface area (Å²) in [6.07, 6.45) is 4.72. The normalized spacial score (nSPS) is 22.1. The van der Waals surface area contributed by atoms with E-state index in [0.29, 0.717) is 35.2 Å². The lowest BCUT2D eigenvalue weighted by Crippen LogP contribution is -2.41. The molecule has 11 heteroatoms. The van der Waals surface area contributed by atoms with Gasteiger partial charge in [0.05, 0.1) is 47.5 Å². The predicted octanol–water partition coefficient (Wildman–Crippen LogP) is 4.13. The van der Waals surface area contributed by atoms with E-state index in [1.165, 1.54) is 12.8 Å². The van der Waals surface area contributed by atoms with Crippen LogP contribution in [0.2, 0.25) is 0 Å². The summed E-state index contributed by atoms with van der Waals surface area (Å²) in [5.74, 6) is 2.33. The van der Waals surface area contributed by atoms with Crippen LogP contribution in [-0.4, -0.2) is 66.5 Å². The van der Waals surface area contributed by atoms with Gasteiger partial charge in [-0.15, -0.1) is 0 Å². The number of hydrogen-bond acceptors (Lipinski definition) is 7. The minimum Gasteiger partial charge on any atom is -0.494 e. The molecule has 6 heterocycles. The van der Waals surface area contributed by atoms with Crippen molar-refractivity contribution in [1.29, 1.82) is 0 Å². The number of benzene rings is 1. The van der Waals surface area contributed by atoms with Crippen LogP contribution < -0.4 is 15.8 Å². The van der Waals surface area contributed by atoms with E-state index >= 15 is 0 Å². The molecule has 11 nitrogen and oxygen atoms in total. The van der Waals surface area contributed by atoms with Gasteiger partial charge in [0.2, 0.25) is 5.91 Å². The van der Waals surface area contributed by atoms with Crippen molar-refractivity contribution in [2.24, 2.45) is 24.6 Å². The standard InChI is InChI=1S/C34H34N8O3/c1-40-31-25(11-20(13-28(31)45-2)34(44)42-16-19-6-10-26(42)30(19)35)39-33(40)27-12-18-5-7-22(38-32(18)41(27)15-17-3-4-17)21-8-9-23-24(36-21)14-29(43)37-23/h5,7-9,11-13,17,19,26,30H,3-4,6,10,14-16,35H2,1-2H3,(H,37,43)/t19?,26?,30-/m1/s1. The van der Waals surface area contributed by atoms with Crippen molar-refractivity contribution in [3.8, 4) is 28.7 Å². The molecule has 2 aliphatic carbocycles. The van der Waals surface area contributed by atoms with Crippen molar-refractivity contribution in [2.75, 3.05) is 19.0 Å². The number of carbonyl (C=O) groups excluding carboxylic acids is 2. The highest BCUT2D eigenvalue weighted by molar-refractivity contribution is 6.01. The molecule has 1 saturated heterocycles. The fourth-order valence-corrected chi connectivity index (χ4v) is 7.70. The summed E-state index contributed by atoms with van der Waals surface area (Å²) in [6, 6.07) is 13.9. The van der Waals surface area contributed by atoms with Crippen LogP contribution in [0.3, 0.4) is 0 Å². The van der Waals surface area contributed by atoms with Crippen LogP contribution >= 0.6 is 0 Å².